The lowest BCUT2D eigenvalue weighted by molar-refractivity contribution is 0.0962. The summed E-state index contributed by atoms with van der Waals surface area (Å²) in [5.74, 6) is 1.44. The van der Waals surface area contributed by atoms with Gasteiger partial charge in [-0.05, 0) is 42.5 Å². The third-order valence-electron chi connectivity index (χ3n) is 5.63. The van der Waals surface area contributed by atoms with Gasteiger partial charge in [0.25, 0.3) is 0 Å². The SMILES string of the molecule is Br.CC(C)(C)c1cc(C(=O)CN2Cc3ccc(C4CC4)nc3C2=N)ccc1OCC#N. The van der Waals surface area contributed by atoms with Crippen LogP contribution in [0.5, 0.6) is 5.75 Å². The van der Waals surface area contributed by atoms with Gasteiger partial charge in [0.05, 0.1) is 6.54 Å². The number of carbonyl (C=O) groups is 1. The van der Waals surface area contributed by atoms with E-state index in [9.17, 15) is 4.79 Å². The number of hydrogen-bond donors (Lipinski definition) is 1. The summed E-state index contributed by atoms with van der Waals surface area (Å²) in [6.07, 6.45) is 2.34. The lowest BCUT2D eigenvalue weighted by atomic mass is 9.85. The number of hydrogen-bond acceptors (Lipinski definition) is 5. The minimum absolute atomic E-state index is 0. The number of rotatable bonds is 6. The first-order valence-electron chi connectivity index (χ1n) is 10.3. The molecule has 2 aromatic rings. The highest BCUT2D eigenvalue weighted by Gasteiger charge is 2.31. The summed E-state index contributed by atoms with van der Waals surface area (Å²) in [4.78, 5) is 19.5. The van der Waals surface area contributed by atoms with E-state index >= 15 is 0 Å². The Balaban J connectivity index is 0.00000272. The number of carbonyl (C=O) groups excluding carboxylic acids is 1. The third kappa shape index (κ3) is 4.80. The molecule has 0 spiro atoms. The van der Waals surface area contributed by atoms with E-state index in [1.54, 1.807) is 17.0 Å². The van der Waals surface area contributed by atoms with Crippen molar-refractivity contribution >= 4 is 28.6 Å². The summed E-state index contributed by atoms with van der Waals surface area (Å²) in [6, 6.07) is 11.4. The maximum atomic E-state index is 13.0. The average molecular weight is 483 g/mol. The first-order chi connectivity index (χ1) is 14.3. The molecular weight excluding hydrogens is 456 g/mol. The highest BCUT2D eigenvalue weighted by molar-refractivity contribution is 8.93. The summed E-state index contributed by atoms with van der Waals surface area (Å²) in [7, 11) is 0. The van der Waals surface area contributed by atoms with Crippen molar-refractivity contribution in [3.05, 3.63) is 58.4 Å². The van der Waals surface area contributed by atoms with Crippen molar-refractivity contribution < 1.29 is 9.53 Å². The molecule has 0 atom stereocenters. The minimum atomic E-state index is -0.235. The second kappa shape index (κ2) is 8.80. The number of benzene rings is 1. The van der Waals surface area contributed by atoms with Crippen molar-refractivity contribution in [1.82, 2.24) is 9.88 Å². The topological polar surface area (TPSA) is 90.1 Å². The van der Waals surface area contributed by atoms with E-state index in [4.69, 9.17) is 20.4 Å². The van der Waals surface area contributed by atoms with Gasteiger partial charge >= 0.3 is 0 Å². The van der Waals surface area contributed by atoms with Crippen LogP contribution in [0.4, 0.5) is 0 Å². The van der Waals surface area contributed by atoms with Crippen LogP contribution in [0.3, 0.4) is 0 Å². The number of ether oxygens (including phenoxy) is 1. The molecule has 2 heterocycles. The van der Waals surface area contributed by atoms with Crippen LogP contribution in [-0.4, -0.2) is 34.7 Å². The van der Waals surface area contributed by atoms with Crippen LogP contribution in [-0.2, 0) is 12.0 Å². The molecule has 4 rings (SSSR count). The second-order valence-electron chi connectivity index (χ2n) is 9.05. The van der Waals surface area contributed by atoms with Crippen molar-refractivity contribution in [2.75, 3.05) is 13.2 Å². The zero-order valence-corrected chi connectivity index (χ0v) is 19.8. The predicted molar refractivity (Wildman–Crippen MR) is 124 cm³/mol. The Morgan fingerprint density at radius 2 is 2.03 bits per heavy atom. The van der Waals surface area contributed by atoms with Crippen LogP contribution in [0.2, 0.25) is 0 Å². The second-order valence-corrected chi connectivity index (χ2v) is 9.05. The van der Waals surface area contributed by atoms with E-state index in [1.165, 1.54) is 12.8 Å². The first kappa shape index (κ1) is 23.0. The highest BCUT2D eigenvalue weighted by atomic mass is 79.9. The van der Waals surface area contributed by atoms with Gasteiger partial charge in [-0.1, -0.05) is 26.8 Å². The van der Waals surface area contributed by atoms with Gasteiger partial charge in [-0.3, -0.25) is 10.2 Å². The van der Waals surface area contributed by atoms with E-state index in [1.807, 2.05) is 39.0 Å². The fourth-order valence-corrected chi connectivity index (χ4v) is 3.80. The summed E-state index contributed by atoms with van der Waals surface area (Å²) in [5, 5.41) is 17.3. The van der Waals surface area contributed by atoms with Gasteiger partial charge in [-0.2, -0.15) is 5.26 Å². The number of pyridine rings is 1. The summed E-state index contributed by atoms with van der Waals surface area (Å²) in [5.41, 5.74) is 4.02. The molecule has 1 aromatic carbocycles. The van der Waals surface area contributed by atoms with Crippen molar-refractivity contribution in [2.24, 2.45) is 0 Å². The predicted octanol–water partition coefficient (Wildman–Crippen LogP) is 4.76. The average Bonchev–Trinajstić information content (AvgIpc) is 3.51. The summed E-state index contributed by atoms with van der Waals surface area (Å²) < 4.78 is 5.55. The van der Waals surface area contributed by atoms with E-state index in [2.05, 4.69) is 6.07 Å². The fraction of sp³-hybridized carbons (Fsp3) is 0.417. The first-order valence-corrected chi connectivity index (χ1v) is 10.3. The number of nitrogens with one attached hydrogen (secondary N) is 1. The van der Waals surface area contributed by atoms with E-state index < -0.39 is 0 Å². The van der Waals surface area contributed by atoms with Gasteiger partial charge in [-0.15, -0.1) is 17.0 Å². The molecule has 1 aliphatic carbocycles. The largest absolute Gasteiger partial charge is 0.478 e. The van der Waals surface area contributed by atoms with Gasteiger partial charge in [-0.25, -0.2) is 4.98 Å². The summed E-state index contributed by atoms with van der Waals surface area (Å²) >= 11 is 0. The Bertz CT molecular complexity index is 1060. The van der Waals surface area contributed by atoms with Gasteiger partial charge in [0.2, 0.25) is 0 Å². The smallest absolute Gasteiger partial charge is 0.182 e. The number of aromatic nitrogens is 1. The molecule has 1 aromatic heterocycles. The van der Waals surface area contributed by atoms with Gasteiger partial charge in [0.1, 0.15) is 23.3 Å². The van der Waals surface area contributed by atoms with Crippen LogP contribution in [0.15, 0.2) is 30.3 Å². The Hall–Kier alpha value is -2.72. The zero-order chi connectivity index (χ0) is 21.5. The molecule has 1 saturated carbocycles. The Labute approximate surface area is 193 Å². The summed E-state index contributed by atoms with van der Waals surface area (Å²) in [6.45, 7) is 6.78. The van der Waals surface area contributed by atoms with Gasteiger partial charge in [0, 0.05) is 34.8 Å². The van der Waals surface area contributed by atoms with Crippen LogP contribution >= 0.6 is 17.0 Å². The number of ketones is 1. The molecule has 0 amide bonds. The molecule has 6 nitrogen and oxygen atoms in total. The standard InChI is InChI=1S/C24H26N4O2.BrH/c1-24(2,3)18-12-16(7-9-21(18)30-11-10-25)20(29)14-28-13-17-6-8-19(15-4-5-15)27-22(17)23(28)26;/h6-9,12,15,26H,4-5,11,13-14H2,1-3H3;1H. The molecule has 0 radical (unpaired) electrons. The quantitative estimate of drug-likeness (QED) is 0.599. The molecule has 31 heavy (non-hydrogen) atoms. The number of nitrogens with zero attached hydrogens (tertiary/aromatic N) is 3. The molecule has 1 aliphatic heterocycles. The third-order valence-corrected chi connectivity index (χ3v) is 5.63. The normalized spacial score (nSPS) is 15.2. The van der Waals surface area contributed by atoms with Gasteiger partial charge < -0.3 is 9.64 Å². The lowest BCUT2D eigenvalue weighted by Gasteiger charge is -2.23. The molecule has 0 unspecified atom stereocenters. The Morgan fingerprint density at radius 1 is 1.29 bits per heavy atom. The molecule has 1 fully saturated rings. The van der Waals surface area contributed by atoms with Crippen molar-refractivity contribution in [3.8, 4) is 11.8 Å². The van der Waals surface area contributed by atoms with Crippen LogP contribution in [0, 0.1) is 16.7 Å². The maximum Gasteiger partial charge on any atom is 0.182 e. The fourth-order valence-electron chi connectivity index (χ4n) is 3.80. The van der Waals surface area contributed by atoms with Crippen LogP contribution < -0.4 is 4.74 Å². The Morgan fingerprint density at radius 3 is 2.68 bits per heavy atom. The molecule has 0 saturated heterocycles. The number of Topliss-reactive ketones (excluding diaryl/α,β-unsaturated/α-hetero) is 1. The minimum Gasteiger partial charge on any atom is -0.478 e. The number of halogens is 1. The number of nitriles is 1. The number of fused-ring (bicyclic) bond motifs is 1. The van der Waals surface area contributed by atoms with Crippen molar-refractivity contribution in [3.63, 3.8) is 0 Å². The maximum absolute atomic E-state index is 13.0. The highest BCUT2D eigenvalue weighted by Crippen LogP contribution is 2.40. The molecule has 162 valence electrons. The monoisotopic (exact) mass is 482 g/mol. The van der Waals surface area contributed by atoms with E-state index in [0.29, 0.717) is 35.3 Å². The van der Waals surface area contributed by atoms with E-state index in [0.717, 1.165) is 16.8 Å². The molecule has 0 bridgehead atoms. The van der Waals surface area contributed by atoms with Crippen LogP contribution in [0.25, 0.3) is 0 Å². The van der Waals surface area contributed by atoms with E-state index in [-0.39, 0.29) is 41.3 Å². The number of amidine groups is 1. The lowest BCUT2D eigenvalue weighted by Crippen LogP contribution is -2.30. The van der Waals surface area contributed by atoms with Crippen LogP contribution in [0.1, 0.15) is 72.4 Å². The van der Waals surface area contributed by atoms with Crippen molar-refractivity contribution in [2.45, 2.75) is 51.5 Å². The molecule has 2 aliphatic rings. The Kier molecular flexibility index (Phi) is 6.51. The zero-order valence-electron chi connectivity index (χ0n) is 18.1. The molecule has 7 heteroatoms. The van der Waals surface area contributed by atoms with Crippen molar-refractivity contribution in [1.29, 1.82) is 10.7 Å². The molecule has 1 N–H and O–H groups in total. The van der Waals surface area contributed by atoms with Gasteiger partial charge in [0.15, 0.2) is 12.4 Å². The molecular formula is C24H27BrN4O2.